The van der Waals surface area contributed by atoms with Crippen molar-refractivity contribution in [3.05, 3.63) is 57.5 Å². The molecule has 0 atom stereocenters. The third-order valence-electron chi connectivity index (χ3n) is 4.04. The first-order valence-electron chi connectivity index (χ1n) is 7.94. The zero-order valence-electron chi connectivity index (χ0n) is 13.4. The zero-order chi connectivity index (χ0) is 17.5. The Balaban J connectivity index is 1.34. The average molecular weight is 384 g/mol. The van der Waals surface area contributed by atoms with Crippen LogP contribution >= 0.6 is 23.1 Å². The molecular weight excluding hydrogens is 372 g/mol. The summed E-state index contributed by atoms with van der Waals surface area (Å²) in [6.45, 7) is 0.714. The van der Waals surface area contributed by atoms with Crippen molar-refractivity contribution in [2.45, 2.75) is 17.4 Å². The predicted molar refractivity (Wildman–Crippen MR) is 97.8 cm³/mol. The summed E-state index contributed by atoms with van der Waals surface area (Å²) >= 11 is 2.79. The van der Waals surface area contributed by atoms with Gasteiger partial charge in [-0.25, -0.2) is 4.98 Å². The van der Waals surface area contributed by atoms with E-state index < -0.39 is 0 Å². The number of ether oxygens (including phenoxy) is 1. The summed E-state index contributed by atoms with van der Waals surface area (Å²) in [5, 5.41) is 10.5. The van der Waals surface area contributed by atoms with Gasteiger partial charge in [0.2, 0.25) is 5.89 Å². The molecule has 5 rings (SSSR count). The number of hydrogen-bond acceptors (Lipinski definition) is 8. The summed E-state index contributed by atoms with van der Waals surface area (Å²) in [6.07, 6.45) is 2.61. The number of hydrogen-bond donors (Lipinski definition) is 0. The summed E-state index contributed by atoms with van der Waals surface area (Å²) < 4.78 is 12.8. The number of aromatic nitrogens is 4. The monoisotopic (exact) mass is 384 g/mol. The Morgan fingerprint density at radius 3 is 3.19 bits per heavy atom. The lowest BCUT2D eigenvalue weighted by molar-refractivity contribution is 0.357. The van der Waals surface area contributed by atoms with E-state index in [4.69, 9.17) is 9.15 Å². The maximum absolute atomic E-state index is 12.0. The first-order valence-corrected chi connectivity index (χ1v) is 9.81. The summed E-state index contributed by atoms with van der Waals surface area (Å²) in [7, 11) is 0. The Morgan fingerprint density at radius 2 is 2.23 bits per heavy atom. The maximum atomic E-state index is 12.0. The number of fused-ring (bicyclic) bond motifs is 2. The van der Waals surface area contributed by atoms with Crippen LogP contribution in [-0.4, -0.2) is 26.2 Å². The van der Waals surface area contributed by atoms with Crippen LogP contribution in [0.2, 0.25) is 0 Å². The van der Waals surface area contributed by atoms with Crippen molar-refractivity contribution < 1.29 is 9.15 Å². The van der Waals surface area contributed by atoms with Crippen LogP contribution in [0.1, 0.15) is 11.3 Å². The summed E-state index contributed by atoms with van der Waals surface area (Å²) in [6, 6.07) is 7.41. The van der Waals surface area contributed by atoms with E-state index >= 15 is 0 Å². The van der Waals surface area contributed by atoms with Crippen LogP contribution in [0.3, 0.4) is 0 Å². The molecule has 1 aliphatic rings. The predicted octanol–water partition coefficient (Wildman–Crippen LogP) is 3.03. The van der Waals surface area contributed by atoms with E-state index in [-0.39, 0.29) is 5.56 Å². The highest BCUT2D eigenvalue weighted by Crippen LogP contribution is 2.31. The van der Waals surface area contributed by atoms with E-state index in [0.717, 1.165) is 23.3 Å². The van der Waals surface area contributed by atoms with Gasteiger partial charge in [0.25, 0.3) is 10.8 Å². The molecule has 130 valence electrons. The second-order valence-electron chi connectivity index (χ2n) is 5.72. The van der Waals surface area contributed by atoms with Gasteiger partial charge in [-0.15, -0.1) is 21.5 Å². The standard InChI is InChI=1S/C17H12N4O3S2/c22-14-8-12(18-16-21(14)4-6-25-16)9-26-17-20-19-15(24-17)11-1-2-13-10(7-11)3-5-23-13/h1-2,4,6-8H,3,5,9H2. The quantitative estimate of drug-likeness (QED) is 0.500. The lowest BCUT2D eigenvalue weighted by atomic mass is 10.1. The minimum absolute atomic E-state index is 0.0848. The Morgan fingerprint density at radius 1 is 1.27 bits per heavy atom. The number of thiazole rings is 1. The van der Waals surface area contributed by atoms with Crippen molar-refractivity contribution in [1.29, 1.82) is 0 Å². The van der Waals surface area contributed by atoms with Gasteiger partial charge in [-0.2, -0.15) is 0 Å². The van der Waals surface area contributed by atoms with Gasteiger partial charge in [0, 0.05) is 35.4 Å². The zero-order valence-corrected chi connectivity index (χ0v) is 15.0. The normalized spacial score (nSPS) is 13.1. The van der Waals surface area contributed by atoms with E-state index in [1.54, 1.807) is 6.20 Å². The Hall–Kier alpha value is -2.65. The largest absolute Gasteiger partial charge is 0.493 e. The third-order valence-corrected chi connectivity index (χ3v) is 5.65. The molecule has 9 heteroatoms. The van der Waals surface area contributed by atoms with Gasteiger partial charge in [-0.1, -0.05) is 11.8 Å². The second kappa shape index (κ2) is 6.26. The van der Waals surface area contributed by atoms with Crippen molar-refractivity contribution in [2.75, 3.05) is 6.61 Å². The molecule has 0 aliphatic carbocycles. The average Bonchev–Trinajstić information content (AvgIpc) is 3.38. The van der Waals surface area contributed by atoms with E-state index in [0.29, 0.717) is 34.1 Å². The lowest BCUT2D eigenvalue weighted by Crippen LogP contribution is -2.12. The van der Waals surface area contributed by atoms with Crippen LogP contribution in [0.5, 0.6) is 5.75 Å². The smallest absolute Gasteiger partial charge is 0.277 e. The fourth-order valence-corrected chi connectivity index (χ4v) is 4.20. The summed E-state index contributed by atoms with van der Waals surface area (Å²) in [4.78, 5) is 17.2. The molecule has 0 amide bonds. The highest BCUT2D eigenvalue weighted by atomic mass is 32.2. The number of benzene rings is 1. The highest BCUT2D eigenvalue weighted by molar-refractivity contribution is 7.98. The van der Waals surface area contributed by atoms with Crippen molar-refractivity contribution >= 4 is 28.1 Å². The van der Waals surface area contributed by atoms with Crippen LogP contribution in [0.15, 0.2) is 50.3 Å². The van der Waals surface area contributed by atoms with E-state index in [1.807, 2.05) is 23.6 Å². The molecule has 4 aromatic rings. The van der Waals surface area contributed by atoms with Gasteiger partial charge in [0.05, 0.1) is 12.3 Å². The van der Waals surface area contributed by atoms with E-state index in [2.05, 4.69) is 15.2 Å². The molecule has 0 radical (unpaired) electrons. The van der Waals surface area contributed by atoms with Gasteiger partial charge in [-0.05, 0) is 23.8 Å². The van der Waals surface area contributed by atoms with Gasteiger partial charge in [-0.3, -0.25) is 9.20 Å². The maximum Gasteiger partial charge on any atom is 0.277 e. The van der Waals surface area contributed by atoms with Crippen LogP contribution in [0.25, 0.3) is 16.4 Å². The number of nitrogens with zero attached hydrogens (tertiary/aromatic N) is 4. The molecule has 0 N–H and O–H groups in total. The SMILES string of the molecule is O=c1cc(CSc2nnc(-c3ccc4c(c3)CCO4)o2)nc2sccn12. The Kier molecular flexibility index (Phi) is 3.75. The van der Waals surface area contributed by atoms with Crippen LogP contribution < -0.4 is 10.3 Å². The van der Waals surface area contributed by atoms with Gasteiger partial charge in [0.1, 0.15) is 5.75 Å². The number of rotatable bonds is 4. The Bertz CT molecular complexity index is 1160. The topological polar surface area (TPSA) is 82.5 Å². The molecule has 0 fully saturated rings. The molecule has 1 aliphatic heterocycles. The molecule has 1 aromatic carbocycles. The van der Waals surface area contributed by atoms with Crippen LogP contribution in [0.4, 0.5) is 0 Å². The molecule has 0 bridgehead atoms. The summed E-state index contributed by atoms with van der Waals surface area (Å²) in [5.74, 6) is 1.89. The molecule has 0 unspecified atom stereocenters. The van der Waals surface area contributed by atoms with Crippen molar-refractivity contribution in [3.8, 4) is 17.2 Å². The minimum atomic E-state index is -0.0848. The fourth-order valence-electron chi connectivity index (χ4n) is 2.80. The molecule has 26 heavy (non-hydrogen) atoms. The van der Waals surface area contributed by atoms with E-state index in [1.165, 1.54) is 33.6 Å². The fraction of sp³-hybridized carbons (Fsp3) is 0.176. The molecule has 3 aromatic heterocycles. The first kappa shape index (κ1) is 15.6. The van der Waals surface area contributed by atoms with Crippen LogP contribution in [0, 0.1) is 0 Å². The number of thioether (sulfide) groups is 1. The third kappa shape index (κ3) is 2.78. The second-order valence-corrected chi connectivity index (χ2v) is 7.52. The van der Waals surface area contributed by atoms with Crippen molar-refractivity contribution in [2.24, 2.45) is 0 Å². The van der Waals surface area contributed by atoms with Gasteiger partial charge < -0.3 is 9.15 Å². The van der Waals surface area contributed by atoms with E-state index in [9.17, 15) is 4.79 Å². The Labute approximate surface area is 155 Å². The highest BCUT2D eigenvalue weighted by Gasteiger charge is 2.16. The van der Waals surface area contributed by atoms with Gasteiger partial charge in [0.15, 0.2) is 4.96 Å². The molecule has 0 saturated heterocycles. The molecule has 4 heterocycles. The lowest BCUT2D eigenvalue weighted by Gasteiger charge is -2.00. The summed E-state index contributed by atoms with van der Waals surface area (Å²) in [5.41, 5.74) is 2.64. The molecule has 0 saturated carbocycles. The molecule has 7 nitrogen and oxygen atoms in total. The van der Waals surface area contributed by atoms with Gasteiger partial charge >= 0.3 is 0 Å². The first-order chi connectivity index (χ1) is 12.8. The minimum Gasteiger partial charge on any atom is -0.493 e. The molecular formula is C17H12N4O3S2. The van der Waals surface area contributed by atoms with Crippen LogP contribution in [-0.2, 0) is 12.2 Å². The van der Waals surface area contributed by atoms with Crippen molar-refractivity contribution in [3.63, 3.8) is 0 Å². The van der Waals surface area contributed by atoms with Crippen molar-refractivity contribution in [1.82, 2.24) is 19.6 Å². The molecule has 0 spiro atoms.